The molecule has 5 nitrogen and oxygen atoms in total. The quantitative estimate of drug-likeness (QED) is 0.477. The molecule has 3 heterocycles. The number of nitrogens with zero attached hydrogens (tertiary/aromatic N) is 3. The second-order valence-electron chi connectivity index (χ2n) is 7.51. The van der Waals surface area contributed by atoms with E-state index in [1.165, 1.54) is 21.6 Å². The van der Waals surface area contributed by atoms with Gasteiger partial charge in [-0.1, -0.05) is 54.6 Å². The number of fused-ring (bicyclic) bond motifs is 1. The molecular formula is C24H22N4OS. The first-order valence-corrected chi connectivity index (χ1v) is 11.0. The van der Waals surface area contributed by atoms with Gasteiger partial charge in [0.25, 0.3) is 0 Å². The lowest BCUT2D eigenvalue weighted by Crippen LogP contribution is -2.23. The molecule has 1 N–H and O–H groups in total. The average molecular weight is 415 g/mol. The maximum atomic E-state index is 11.8. The van der Waals surface area contributed by atoms with Gasteiger partial charge in [-0.15, -0.1) is 11.3 Å². The average Bonchev–Trinajstić information content (AvgIpc) is 3.40. The minimum atomic E-state index is 0.263. The van der Waals surface area contributed by atoms with Crippen LogP contribution in [0.1, 0.15) is 24.0 Å². The predicted octanol–water partition coefficient (Wildman–Crippen LogP) is 5.09. The fourth-order valence-corrected chi connectivity index (χ4v) is 4.79. The summed E-state index contributed by atoms with van der Waals surface area (Å²) >= 11 is 1.68. The number of carbonyl (C=O) groups is 1. The molecule has 2 aromatic carbocycles. The van der Waals surface area contributed by atoms with E-state index in [0.717, 1.165) is 29.0 Å². The van der Waals surface area contributed by atoms with Gasteiger partial charge in [0.1, 0.15) is 17.0 Å². The molecule has 6 heteroatoms. The Morgan fingerprint density at radius 2 is 1.80 bits per heavy atom. The van der Waals surface area contributed by atoms with Crippen LogP contribution in [0.4, 0.5) is 5.82 Å². The van der Waals surface area contributed by atoms with E-state index in [2.05, 4.69) is 57.7 Å². The van der Waals surface area contributed by atoms with E-state index in [9.17, 15) is 4.79 Å². The first kappa shape index (κ1) is 18.8. The number of hydrogen-bond donors (Lipinski definition) is 1. The Labute approximate surface area is 179 Å². The first-order valence-electron chi connectivity index (χ1n) is 10.2. The van der Waals surface area contributed by atoms with Crippen LogP contribution in [0.5, 0.6) is 0 Å². The summed E-state index contributed by atoms with van der Waals surface area (Å²) in [7, 11) is 0. The number of hydrogen-bond acceptors (Lipinski definition) is 5. The van der Waals surface area contributed by atoms with Crippen molar-refractivity contribution in [3.8, 4) is 10.4 Å². The van der Waals surface area contributed by atoms with E-state index in [4.69, 9.17) is 0 Å². The zero-order chi connectivity index (χ0) is 20.3. The standard InChI is InChI=1S/C24H22N4OS/c29-22-7-4-12-28(22)15-18-10-8-17(9-11-18)14-25-23-20-13-21(19-5-2-1-3-6-19)30-24(20)27-16-26-23/h1-3,5-6,8-11,13,16H,4,7,12,14-15H2,(H,25,26,27). The highest BCUT2D eigenvalue weighted by Gasteiger charge is 2.19. The molecule has 5 rings (SSSR count). The molecule has 0 unspecified atom stereocenters. The van der Waals surface area contributed by atoms with Crippen LogP contribution in [0.15, 0.2) is 67.0 Å². The molecule has 1 amide bonds. The van der Waals surface area contributed by atoms with Gasteiger partial charge in [0.2, 0.25) is 5.91 Å². The normalized spacial score (nSPS) is 13.9. The highest BCUT2D eigenvalue weighted by atomic mass is 32.1. The number of carbonyl (C=O) groups excluding carboxylic acids is 1. The van der Waals surface area contributed by atoms with Crippen molar-refractivity contribution in [2.45, 2.75) is 25.9 Å². The lowest BCUT2D eigenvalue weighted by atomic mass is 10.1. The zero-order valence-corrected chi connectivity index (χ0v) is 17.4. The lowest BCUT2D eigenvalue weighted by Gasteiger charge is -2.15. The molecule has 0 spiro atoms. The minimum absolute atomic E-state index is 0.263. The Hall–Kier alpha value is -3.25. The number of thiophene rings is 1. The summed E-state index contributed by atoms with van der Waals surface area (Å²) in [5.74, 6) is 1.12. The summed E-state index contributed by atoms with van der Waals surface area (Å²) in [6, 6.07) is 21.0. The smallest absolute Gasteiger partial charge is 0.222 e. The van der Waals surface area contributed by atoms with E-state index in [-0.39, 0.29) is 5.91 Å². The lowest BCUT2D eigenvalue weighted by molar-refractivity contribution is -0.128. The van der Waals surface area contributed by atoms with Gasteiger partial charge in [0.05, 0.1) is 5.39 Å². The molecule has 0 radical (unpaired) electrons. The summed E-state index contributed by atoms with van der Waals surface area (Å²) in [5, 5.41) is 4.51. The van der Waals surface area contributed by atoms with Gasteiger partial charge in [-0.2, -0.15) is 0 Å². The Morgan fingerprint density at radius 1 is 1.00 bits per heavy atom. The third-order valence-electron chi connectivity index (χ3n) is 5.42. The van der Waals surface area contributed by atoms with Crippen molar-refractivity contribution in [2.24, 2.45) is 0 Å². The molecule has 4 aromatic rings. The molecule has 0 atom stereocenters. The first-order chi connectivity index (χ1) is 14.8. The molecule has 1 aliphatic rings. The van der Waals surface area contributed by atoms with E-state index in [0.29, 0.717) is 19.5 Å². The maximum absolute atomic E-state index is 11.8. The minimum Gasteiger partial charge on any atom is -0.365 e. The number of likely N-dealkylation sites (tertiary alicyclic amines) is 1. The number of nitrogens with one attached hydrogen (secondary N) is 1. The number of benzene rings is 2. The molecule has 1 saturated heterocycles. The molecule has 1 aliphatic heterocycles. The van der Waals surface area contributed by atoms with Gasteiger partial charge in [-0.05, 0) is 29.2 Å². The van der Waals surface area contributed by atoms with Gasteiger partial charge in [-0.3, -0.25) is 4.79 Å². The van der Waals surface area contributed by atoms with Gasteiger partial charge >= 0.3 is 0 Å². The molecular weight excluding hydrogens is 392 g/mol. The van der Waals surface area contributed by atoms with Crippen LogP contribution in [0, 0.1) is 0 Å². The summed E-state index contributed by atoms with van der Waals surface area (Å²) in [6.07, 6.45) is 3.28. The Balaban J connectivity index is 1.29. The summed E-state index contributed by atoms with van der Waals surface area (Å²) < 4.78 is 0. The van der Waals surface area contributed by atoms with Gasteiger partial charge in [-0.25, -0.2) is 9.97 Å². The largest absolute Gasteiger partial charge is 0.365 e. The fourth-order valence-electron chi connectivity index (χ4n) is 3.78. The van der Waals surface area contributed by atoms with E-state index in [1.807, 2.05) is 23.1 Å². The van der Waals surface area contributed by atoms with Crippen molar-refractivity contribution < 1.29 is 4.79 Å². The Morgan fingerprint density at radius 3 is 2.57 bits per heavy atom. The second kappa shape index (κ2) is 8.24. The van der Waals surface area contributed by atoms with Crippen molar-refractivity contribution in [2.75, 3.05) is 11.9 Å². The number of rotatable bonds is 6. The highest BCUT2D eigenvalue weighted by molar-refractivity contribution is 7.21. The van der Waals surface area contributed by atoms with Crippen molar-refractivity contribution in [1.82, 2.24) is 14.9 Å². The fraction of sp³-hybridized carbons (Fsp3) is 0.208. The third-order valence-corrected chi connectivity index (χ3v) is 6.51. The molecule has 0 saturated carbocycles. The van der Waals surface area contributed by atoms with Gasteiger partial charge in [0.15, 0.2) is 0 Å². The number of amides is 1. The summed E-state index contributed by atoms with van der Waals surface area (Å²) in [5.41, 5.74) is 3.54. The predicted molar refractivity (Wildman–Crippen MR) is 121 cm³/mol. The molecule has 2 aromatic heterocycles. The van der Waals surface area contributed by atoms with Crippen molar-refractivity contribution in [1.29, 1.82) is 0 Å². The van der Waals surface area contributed by atoms with Crippen molar-refractivity contribution in [3.63, 3.8) is 0 Å². The zero-order valence-electron chi connectivity index (χ0n) is 16.5. The van der Waals surface area contributed by atoms with Gasteiger partial charge < -0.3 is 10.2 Å². The van der Waals surface area contributed by atoms with E-state index >= 15 is 0 Å². The SMILES string of the molecule is O=C1CCCN1Cc1ccc(CNc2ncnc3sc(-c4ccccc4)cc23)cc1. The molecule has 1 fully saturated rings. The molecule has 150 valence electrons. The van der Waals surface area contributed by atoms with Crippen LogP contribution < -0.4 is 5.32 Å². The second-order valence-corrected chi connectivity index (χ2v) is 8.54. The van der Waals surface area contributed by atoms with Gasteiger partial charge in [0, 0.05) is 30.9 Å². The Bertz CT molecular complexity index is 1170. The summed E-state index contributed by atoms with van der Waals surface area (Å²) in [6.45, 7) is 2.26. The van der Waals surface area contributed by atoms with Crippen LogP contribution in [0.3, 0.4) is 0 Å². The third kappa shape index (κ3) is 3.91. The molecule has 0 bridgehead atoms. The van der Waals surface area contributed by atoms with Crippen LogP contribution in [0.25, 0.3) is 20.7 Å². The van der Waals surface area contributed by atoms with Crippen molar-refractivity contribution >= 4 is 33.3 Å². The highest BCUT2D eigenvalue weighted by Crippen LogP contribution is 2.34. The summed E-state index contributed by atoms with van der Waals surface area (Å²) in [4.78, 5) is 24.8. The Kier molecular flexibility index (Phi) is 5.15. The van der Waals surface area contributed by atoms with E-state index < -0.39 is 0 Å². The van der Waals surface area contributed by atoms with Crippen LogP contribution in [-0.4, -0.2) is 27.3 Å². The number of aromatic nitrogens is 2. The topological polar surface area (TPSA) is 58.1 Å². The monoisotopic (exact) mass is 414 g/mol. The molecule has 0 aliphatic carbocycles. The van der Waals surface area contributed by atoms with Crippen LogP contribution >= 0.6 is 11.3 Å². The van der Waals surface area contributed by atoms with Crippen LogP contribution in [0.2, 0.25) is 0 Å². The van der Waals surface area contributed by atoms with E-state index in [1.54, 1.807) is 17.7 Å². The van der Waals surface area contributed by atoms with Crippen LogP contribution in [-0.2, 0) is 17.9 Å². The number of anilines is 1. The maximum Gasteiger partial charge on any atom is 0.222 e. The van der Waals surface area contributed by atoms with Crippen molar-refractivity contribution in [3.05, 3.63) is 78.1 Å². The molecule has 30 heavy (non-hydrogen) atoms.